The molecule has 1 aromatic carbocycles. The van der Waals surface area contributed by atoms with Crippen molar-refractivity contribution in [2.75, 3.05) is 6.61 Å². The molecule has 2 aromatic rings. The van der Waals surface area contributed by atoms with Gasteiger partial charge in [-0.25, -0.2) is 13.8 Å². The van der Waals surface area contributed by atoms with Crippen LogP contribution in [0.2, 0.25) is 0 Å². The maximum absolute atomic E-state index is 13.8. The summed E-state index contributed by atoms with van der Waals surface area (Å²) in [6.45, 7) is 2.11. The first-order valence-corrected chi connectivity index (χ1v) is 12.2. The predicted molar refractivity (Wildman–Crippen MR) is 127 cm³/mol. The van der Waals surface area contributed by atoms with Gasteiger partial charge in [-0.15, -0.1) is 0 Å². The number of halogens is 2. The molecular weight excluding hydrogens is 472 g/mol. The number of aromatic nitrogens is 1. The van der Waals surface area contributed by atoms with E-state index in [0.29, 0.717) is 58.0 Å². The Balaban J connectivity index is 1.44. The van der Waals surface area contributed by atoms with Crippen molar-refractivity contribution in [3.8, 4) is 11.6 Å². The Bertz CT molecular complexity index is 1040. The molecule has 1 aromatic heterocycles. The largest absolute Gasteiger partial charge is 0.466 e. The third kappa shape index (κ3) is 8.58. The fraction of sp³-hybridized carbons (Fsp3) is 0.462. The van der Waals surface area contributed by atoms with Crippen molar-refractivity contribution in [3.63, 3.8) is 0 Å². The van der Waals surface area contributed by atoms with Gasteiger partial charge in [0.2, 0.25) is 11.8 Å². The van der Waals surface area contributed by atoms with Crippen LogP contribution >= 0.6 is 0 Å². The van der Waals surface area contributed by atoms with Crippen LogP contribution in [0.3, 0.4) is 0 Å². The Morgan fingerprint density at radius 2 is 1.58 bits per heavy atom. The minimum absolute atomic E-state index is 0.0175. The average molecular weight is 504 g/mol. The van der Waals surface area contributed by atoms with Gasteiger partial charge in [-0.05, 0) is 75.8 Å². The zero-order valence-corrected chi connectivity index (χ0v) is 20.2. The second-order valence-corrected chi connectivity index (χ2v) is 8.66. The Hall–Kier alpha value is -3.56. The summed E-state index contributed by atoms with van der Waals surface area (Å²) in [5.41, 5.74) is -0.0578. The van der Waals surface area contributed by atoms with E-state index < -0.39 is 17.5 Å². The van der Waals surface area contributed by atoms with Gasteiger partial charge >= 0.3 is 5.97 Å². The van der Waals surface area contributed by atoms with Crippen LogP contribution in [0.5, 0.6) is 11.6 Å². The zero-order chi connectivity index (χ0) is 25.9. The zero-order valence-electron chi connectivity index (χ0n) is 20.2. The number of carbonyl (C=O) groups excluding carboxylic acids is 3. The molecule has 1 heterocycles. The fourth-order valence-electron chi connectivity index (χ4n) is 4.02. The van der Waals surface area contributed by atoms with Gasteiger partial charge in [0.05, 0.1) is 12.8 Å². The summed E-state index contributed by atoms with van der Waals surface area (Å²) in [7, 11) is 0. The predicted octanol–water partition coefficient (Wildman–Crippen LogP) is 4.43. The van der Waals surface area contributed by atoms with Crippen molar-refractivity contribution >= 4 is 17.8 Å². The third-order valence-electron chi connectivity index (χ3n) is 5.86. The number of hydrogen-bond acceptors (Lipinski definition) is 6. The lowest BCUT2D eigenvalue weighted by Crippen LogP contribution is -2.43. The van der Waals surface area contributed by atoms with Crippen LogP contribution in [-0.2, 0) is 14.3 Å². The van der Waals surface area contributed by atoms with Gasteiger partial charge in [0.1, 0.15) is 22.9 Å². The van der Waals surface area contributed by atoms with E-state index in [1.165, 1.54) is 24.3 Å². The van der Waals surface area contributed by atoms with E-state index in [-0.39, 0.29) is 41.2 Å². The first kappa shape index (κ1) is 27.0. The molecule has 0 radical (unpaired) electrons. The van der Waals surface area contributed by atoms with Gasteiger partial charge in [-0.2, -0.15) is 0 Å². The standard InChI is InChI=1S/C26H31F2N3O5/c1-2-35-24(33)6-4-3-5-23(32)30-19-9-11-20(12-10-19)31-25(34)22-15-18(28)16-29-26(22)36-21-13-7-17(27)8-14-21/h7-8,13-16,19-20H,2-6,9-12H2,1H3,(H,30,32)(H,31,34). The summed E-state index contributed by atoms with van der Waals surface area (Å²) < 4.78 is 37.4. The number of hydrogen-bond donors (Lipinski definition) is 2. The molecule has 1 saturated carbocycles. The lowest BCUT2D eigenvalue weighted by Gasteiger charge is -2.29. The van der Waals surface area contributed by atoms with Crippen LogP contribution < -0.4 is 15.4 Å². The highest BCUT2D eigenvalue weighted by atomic mass is 19.1. The number of benzene rings is 1. The summed E-state index contributed by atoms with van der Waals surface area (Å²) in [5.74, 6) is -1.76. The quantitative estimate of drug-likeness (QED) is 0.347. The van der Waals surface area contributed by atoms with Crippen molar-refractivity contribution in [2.24, 2.45) is 0 Å². The minimum Gasteiger partial charge on any atom is -0.466 e. The van der Waals surface area contributed by atoms with E-state index in [0.717, 1.165) is 12.3 Å². The maximum Gasteiger partial charge on any atom is 0.305 e. The SMILES string of the molecule is CCOC(=O)CCCCC(=O)NC1CCC(NC(=O)c2cc(F)cnc2Oc2ccc(F)cc2)CC1. The maximum atomic E-state index is 13.8. The van der Waals surface area contributed by atoms with Crippen LogP contribution in [-0.4, -0.2) is 41.5 Å². The summed E-state index contributed by atoms with van der Waals surface area (Å²) in [4.78, 5) is 40.3. The number of nitrogens with one attached hydrogen (secondary N) is 2. The molecule has 194 valence electrons. The highest BCUT2D eigenvalue weighted by molar-refractivity contribution is 5.96. The molecule has 2 N–H and O–H groups in total. The van der Waals surface area contributed by atoms with E-state index in [1.807, 2.05) is 0 Å². The molecule has 1 aliphatic rings. The Morgan fingerprint density at radius 1 is 0.944 bits per heavy atom. The molecule has 1 aliphatic carbocycles. The van der Waals surface area contributed by atoms with E-state index in [4.69, 9.17) is 9.47 Å². The van der Waals surface area contributed by atoms with Crippen LogP contribution in [0.25, 0.3) is 0 Å². The van der Waals surface area contributed by atoms with Crippen LogP contribution in [0.1, 0.15) is 68.6 Å². The monoisotopic (exact) mass is 503 g/mol. The molecule has 1 fully saturated rings. The van der Waals surface area contributed by atoms with E-state index in [9.17, 15) is 23.2 Å². The smallest absolute Gasteiger partial charge is 0.305 e. The second kappa shape index (κ2) is 13.5. The minimum atomic E-state index is -0.680. The van der Waals surface area contributed by atoms with Gasteiger partial charge in [-0.1, -0.05) is 0 Å². The summed E-state index contributed by atoms with van der Waals surface area (Å²) in [6.07, 6.45) is 5.50. The number of rotatable bonds is 11. The number of unbranched alkanes of at least 4 members (excludes halogenated alkanes) is 1. The summed E-state index contributed by atoms with van der Waals surface area (Å²) in [6, 6.07) is 6.12. The van der Waals surface area contributed by atoms with Crippen molar-refractivity contribution in [1.82, 2.24) is 15.6 Å². The normalized spacial score (nSPS) is 17.2. The summed E-state index contributed by atoms with van der Waals surface area (Å²) in [5, 5.41) is 5.90. The van der Waals surface area contributed by atoms with Crippen molar-refractivity contribution in [2.45, 2.75) is 70.4 Å². The van der Waals surface area contributed by atoms with E-state index in [1.54, 1.807) is 6.92 Å². The van der Waals surface area contributed by atoms with E-state index >= 15 is 0 Å². The van der Waals surface area contributed by atoms with Crippen molar-refractivity contribution in [3.05, 3.63) is 53.7 Å². The molecule has 2 amide bonds. The second-order valence-electron chi connectivity index (χ2n) is 8.66. The van der Waals surface area contributed by atoms with Crippen LogP contribution in [0, 0.1) is 11.6 Å². The molecule has 0 atom stereocenters. The van der Waals surface area contributed by atoms with Crippen molar-refractivity contribution < 1.29 is 32.6 Å². The Morgan fingerprint density at radius 3 is 2.25 bits per heavy atom. The van der Waals surface area contributed by atoms with Gasteiger partial charge in [0, 0.05) is 24.9 Å². The summed E-state index contributed by atoms with van der Waals surface area (Å²) >= 11 is 0. The lowest BCUT2D eigenvalue weighted by atomic mass is 9.91. The molecule has 0 saturated heterocycles. The highest BCUT2D eigenvalue weighted by Gasteiger charge is 2.25. The molecular formula is C26H31F2N3O5. The molecule has 3 rings (SSSR count). The Labute approximate surface area is 208 Å². The molecule has 0 aliphatic heterocycles. The number of nitrogens with zero attached hydrogens (tertiary/aromatic N) is 1. The number of amides is 2. The topological polar surface area (TPSA) is 107 Å². The van der Waals surface area contributed by atoms with Gasteiger partial charge in [-0.3, -0.25) is 14.4 Å². The van der Waals surface area contributed by atoms with Gasteiger partial charge in [0.15, 0.2) is 0 Å². The highest BCUT2D eigenvalue weighted by Crippen LogP contribution is 2.25. The molecule has 0 bridgehead atoms. The molecule has 8 nitrogen and oxygen atoms in total. The Kier molecular flexibility index (Phi) is 10.1. The van der Waals surface area contributed by atoms with Gasteiger partial charge in [0.25, 0.3) is 5.91 Å². The van der Waals surface area contributed by atoms with Crippen LogP contribution in [0.4, 0.5) is 8.78 Å². The first-order valence-electron chi connectivity index (χ1n) is 12.2. The number of pyridine rings is 1. The molecule has 0 spiro atoms. The molecule has 0 unspecified atom stereocenters. The molecule has 10 heteroatoms. The van der Waals surface area contributed by atoms with Crippen LogP contribution in [0.15, 0.2) is 36.5 Å². The first-order chi connectivity index (χ1) is 17.3. The number of carbonyl (C=O) groups is 3. The fourth-order valence-corrected chi connectivity index (χ4v) is 4.02. The third-order valence-corrected chi connectivity index (χ3v) is 5.86. The molecule has 36 heavy (non-hydrogen) atoms. The van der Waals surface area contributed by atoms with Gasteiger partial charge < -0.3 is 20.1 Å². The van der Waals surface area contributed by atoms with E-state index in [2.05, 4.69) is 15.6 Å². The lowest BCUT2D eigenvalue weighted by molar-refractivity contribution is -0.143. The number of esters is 1. The number of ether oxygens (including phenoxy) is 2. The average Bonchev–Trinajstić information content (AvgIpc) is 2.85. The van der Waals surface area contributed by atoms with Crippen molar-refractivity contribution in [1.29, 1.82) is 0 Å².